The fourth-order valence-electron chi connectivity index (χ4n) is 2.92. The number of nitrogens with one attached hydrogen (secondary N) is 2. The molecule has 5 heteroatoms. The van der Waals surface area contributed by atoms with Crippen molar-refractivity contribution in [2.45, 2.75) is 45.1 Å². The first-order valence-corrected chi connectivity index (χ1v) is 7.70. The quantitative estimate of drug-likeness (QED) is 0.879. The number of hydrogen-bond acceptors (Lipinski definition) is 3. The van der Waals surface area contributed by atoms with Crippen LogP contribution in [0.1, 0.15) is 37.7 Å². The van der Waals surface area contributed by atoms with Crippen LogP contribution < -0.4 is 20.1 Å². The molecule has 114 valence electrons. The van der Waals surface area contributed by atoms with E-state index in [1.807, 2.05) is 19.1 Å². The first-order valence-electron chi connectivity index (χ1n) is 7.70. The van der Waals surface area contributed by atoms with Gasteiger partial charge in [-0.1, -0.05) is 19.3 Å². The molecule has 2 aliphatic rings. The third kappa shape index (κ3) is 3.40. The Labute approximate surface area is 125 Å². The minimum atomic E-state index is -0.137. The highest BCUT2D eigenvalue weighted by Crippen LogP contribution is 2.35. The molecule has 2 N–H and O–H groups in total. The smallest absolute Gasteiger partial charge is 0.319 e. The van der Waals surface area contributed by atoms with Gasteiger partial charge in [-0.15, -0.1) is 0 Å². The van der Waals surface area contributed by atoms with Crippen LogP contribution in [-0.4, -0.2) is 25.3 Å². The van der Waals surface area contributed by atoms with Crippen molar-refractivity contribution >= 4 is 11.7 Å². The van der Waals surface area contributed by atoms with Crippen molar-refractivity contribution < 1.29 is 14.3 Å². The Morgan fingerprint density at radius 1 is 1.10 bits per heavy atom. The van der Waals surface area contributed by atoms with Gasteiger partial charge in [0, 0.05) is 17.8 Å². The van der Waals surface area contributed by atoms with Crippen LogP contribution in [0.25, 0.3) is 0 Å². The maximum atomic E-state index is 12.1. The predicted octanol–water partition coefficient (Wildman–Crippen LogP) is 3.22. The van der Waals surface area contributed by atoms with Crippen molar-refractivity contribution in [2.75, 3.05) is 18.5 Å². The molecule has 21 heavy (non-hydrogen) atoms. The first-order chi connectivity index (χ1) is 10.2. The van der Waals surface area contributed by atoms with Crippen LogP contribution in [0.15, 0.2) is 12.1 Å². The molecular formula is C16H22N2O3. The van der Waals surface area contributed by atoms with Crippen molar-refractivity contribution in [1.29, 1.82) is 0 Å². The number of hydrogen-bond donors (Lipinski definition) is 2. The topological polar surface area (TPSA) is 59.6 Å². The Kier molecular flexibility index (Phi) is 4.18. The zero-order chi connectivity index (χ0) is 14.7. The summed E-state index contributed by atoms with van der Waals surface area (Å²) in [5.41, 5.74) is 1.74. The molecule has 0 spiro atoms. The minimum Gasteiger partial charge on any atom is -0.486 e. The third-order valence-electron chi connectivity index (χ3n) is 4.08. The summed E-state index contributed by atoms with van der Waals surface area (Å²) >= 11 is 0. The number of urea groups is 1. The minimum absolute atomic E-state index is 0.137. The summed E-state index contributed by atoms with van der Waals surface area (Å²) in [7, 11) is 0. The van der Waals surface area contributed by atoms with E-state index in [0.717, 1.165) is 29.8 Å². The molecule has 0 unspecified atom stereocenters. The SMILES string of the molecule is Cc1cc2c(cc1NC(=O)NC1CCCCC1)OCCO2. The average molecular weight is 290 g/mol. The Morgan fingerprint density at radius 3 is 2.48 bits per heavy atom. The van der Waals surface area contributed by atoms with Crippen LogP contribution in [0.4, 0.5) is 10.5 Å². The van der Waals surface area contributed by atoms with E-state index in [4.69, 9.17) is 9.47 Å². The van der Waals surface area contributed by atoms with E-state index >= 15 is 0 Å². The second kappa shape index (κ2) is 6.24. The number of ether oxygens (including phenoxy) is 2. The second-order valence-electron chi connectivity index (χ2n) is 5.74. The largest absolute Gasteiger partial charge is 0.486 e. The molecule has 5 nitrogen and oxygen atoms in total. The molecule has 1 fully saturated rings. The number of anilines is 1. The number of carbonyl (C=O) groups is 1. The Morgan fingerprint density at radius 2 is 1.76 bits per heavy atom. The van der Waals surface area contributed by atoms with E-state index in [9.17, 15) is 4.79 Å². The highest BCUT2D eigenvalue weighted by Gasteiger charge is 2.18. The van der Waals surface area contributed by atoms with Crippen molar-refractivity contribution in [3.8, 4) is 11.5 Å². The molecule has 2 amide bonds. The van der Waals surface area contributed by atoms with Crippen LogP contribution in [0.3, 0.4) is 0 Å². The second-order valence-corrected chi connectivity index (χ2v) is 5.74. The lowest BCUT2D eigenvalue weighted by Crippen LogP contribution is -2.39. The number of carbonyl (C=O) groups excluding carboxylic acids is 1. The number of rotatable bonds is 2. The van der Waals surface area contributed by atoms with E-state index in [1.54, 1.807) is 0 Å². The Bertz CT molecular complexity index is 524. The molecule has 1 aliphatic carbocycles. The van der Waals surface area contributed by atoms with E-state index < -0.39 is 0 Å². The monoisotopic (exact) mass is 290 g/mol. The lowest BCUT2D eigenvalue weighted by molar-refractivity contribution is 0.171. The fraction of sp³-hybridized carbons (Fsp3) is 0.562. The van der Waals surface area contributed by atoms with Crippen LogP contribution in [0.5, 0.6) is 11.5 Å². The zero-order valence-electron chi connectivity index (χ0n) is 12.4. The summed E-state index contributed by atoms with van der Waals surface area (Å²) in [4.78, 5) is 12.1. The molecule has 1 heterocycles. The molecule has 0 radical (unpaired) electrons. The van der Waals surface area contributed by atoms with Gasteiger partial charge in [-0.2, -0.15) is 0 Å². The summed E-state index contributed by atoms with van der Waals surface area (Å²) in [6, 6.07) is 3.91. The molecule has 0 bridgehead atoms. The lowest BCUT2D eigenvalue weighted by Gasteiger charge is -2.24. The Hall–Kier alpha value is -1.91. The van der Waals surface area contributed by atoms with Gasteiger partial charge in [0.25, 0.3) is 0 Å². The highest BCUT2D eigenvalue weighted by molar-refractivity contribution is 5.90. The molecule has 0 aromatic heterocycles. The van der Waals surface area contributed by atoms with Crippen LogP contribution in [-0.2, 0) is 0 Å². The van der Waals surface area contributed by atoms with E-state index in [-0.39, 0.29) is 6.03 Å². The van der Waals surface area contributed by atoms with Crippen LogP contribution in [0.2, 0.25) is 0 Å². The highest BCUT2D eigenvalue weighted by atomic mass is 16.6. The summed E-state index contributed by atoms with van der Waals surface area (Å²) < 4.78 is 11.1. The van der Waals surface area contributed by atoms with Gasteiger partial charge < -0.3 is 20.1 Å². The average Bonchev–Trinajstić information content (AvgIpc) is 2.49. The van der Waals surface area contributed by atoms with Gasteiger partial charge in [0.2, 0.25) is 0 Å². The van der Waals surface area contributed by atoms with Crippen molar-refractivity contribution in [3.05, 3.63) is 17.7 Å². The van der Waals surface area contributed by atoms with Gasteiger partial charge in [0.15, 0.2) is 11.5 Å². The maximum absolute atomic E-state index is 12.1. The molecule has 3 rings (SSSR count). The van der Waals surface area contributed by atoms with Gasteiger partial charge in [-0.05, 0) is 31.4 Å². The van der Waals surface area contributed by atoms with Gasteiger partial charge in [-0.25, -0.2) is 4.79 Å². The van der Waals surface area contributed by atoms with Crippen molar-refractivity contribution in [1.82, 2.24) is 5.32 Å². The van der Waals surface area contributed by atoms with Gasteiger partial charge in [0.05, 0.1) is 0 Å². The standard InChI is InChI=1S/C16H22N2O3/c1-11-9-14-15(21-8-7-20-14)10-13(11)18-16(19)17-12-5-3-2-4-6-12/h9-10,12H,2-8H2,1H3,(H2,17,18,19). The van der Waals surface area contributed by atoms with Gasteiger partial charge in [-0.3, -0.25) is 0 Å². The summed E-state index contributed by atoms with van der Waals surface area (Å²) in [6.07, 6.45) is 5.84. The summed E-state index contributed by atoms with van der Waals surface area (Å²) in [5.74, 6) is 1.44. The molecule has 1 saturated carbocycles. The van der Waals surface area contributed by atoms with Crippen molar-refractivity contribution in [2.24, 2.45) is 0 Å². The fourth-order valence-corrected chi connectivity index (χ4v) is 2.92. The summed E-state index contributed by atoms with van der Waals surface area (Å²) in [6.45, 7) is 3.07. The third-order valence-corrected chi connectivity index (χ3v) is 4.08. The van der Waals surface area contributed by atoms with Crippen molar-refractivity contribution in [3.63, 3.8) is 0 Å². The maximum Gasteiger partial charge on any atom is 0.319 e. The number of aryl methyl sites for hydroxylation is 1. The van der Waals surface area contributed by atoms with Crippen LogP contribution in [0, 0.1) is 6.92 Å². The zero-order valence-corrected chi connectivity index (χ0v) is 12.4. The summed E-state index contributed by atoms with van der Waals surface area (Å²) in [5, 5.41) is 5.97. The molecular weight excluding hydrogens is 268 g/mol. The predicted molar refractivity (Wildman–Crippen MR) is 81.2 cm³/mol. The first kappa shape index (κ1) is 14.0. The van der Waals surface area contributed by atoms with Gasteiger partial charge in [0.1, 0.15) is 13.2 Å². The van der Waals surface area contributed by atoms with Crippen LogP contribution >= 0.6 is 0 Å². The Balaban J connectivity index is 1.65. The molecule has 1 aromatic carbocycles. The normalized spacial score (nSPS) is 18.1. The lowest BCUT2D eigenvalue weighted by atomic mass is 9.96. The molecule has 1 aliphatic heterocycles. The number of fused-ring (bicyclic) bond motifs is 1. The van der Waals surface area contributed by atoms with E-state index in [1.165, 1.54) is 19.3 Å². The molecule has 0 atom stereocenters. The van der Waals surface area contributed by atoms with E-state index in [0.29, 0.717) is 25.0 Å². The molecule has 1 aromatic rings. The van der Waals surface area contributed by atoms with Gasteiger partial charge >= 0.3 is 6.03 Å². The number of benzene rings is 1. The molecule has 0 saturated heterocycles. The van der Waals surface area contributed by atoms with E-state index in [2.05, 4.69) is 10.6 Å². The number of amides is 2.